The van der Waals surface area contributed by atoms with Gasteiger partial charge in [-0.2, -0.15) is 13.2 Å². The summed E-state index contributed by atoms with van der Waals surface area (Å²) in [6.07, 6.45) is -3.26. The van der Waals surface area contributed by atoms with Crippen molar-refractivity contribution in [3.05, 3.63) is 53.2 Å². The monoisotopic (exact) mass is 435 g/mol. The maximum atomic E-state index is 13.0. The number of hydrogen-bond acceptors (Lipinski definition) is 5. The number of anilines is 1. The molecule has 1 N–H and O–H groups in total. The van der Waals surface area contributed by atoms with Crippen molar-refractivity contribution in [1.82, 2.24) is 9.88 Å². The van der Waals surface area contributed by atoms with E-state index in [1.54, 1.807) is 25.2 Å². The number of carbonyl (C=O) groups is 2. The summed E-state index contributed by atoms with van der Waals surface area (Å²) in [5.41, 5.74) is 2.19. The molecule has 1 aliphatic rings. The van der Waals surface area contributed by atoms with Crippen molar-refractivity contribution in [2.45, 2.75) is 32.0 Å². The van der Waals surface area contributed by atoms with E-state index in [1.165, 1.54) is 0 Å². The summed E-state index contributed by atoms with van der Waals surface area (Å²) in [7, 11) is 1.78. The number of aromatic nitrogens is 1. The van der Waals surface area contributed by atoms with Crippen LogP contribution in [0.4, 0.5) is 19.0 Å². The SMILES string of the molecule is CNc1cccc(CCOc2ccc3c(c2)CN(CC(F)(F)F)C(=O)C(CC=O)C3)n1. The van der Waals surface area contributed by atoms with Crippen molar-refractivity contribution in [3.8, 4) is 5.75 Å². The normalized spacial score (nSPS) is 16.5. The predicted octanol–water partition coefficient (Wildman–Crippen LogP) is 3.40. The second-order valence-corrected chi connectivity index (χ2v) is 7.41. The first-order valence-corrected chi connectivity index (χ1v) is 9.96. The fraction of sp³-hybridized carbons (Fsp3) is 0.409. The molecule has 0 aliphatic carbocycles. The van der Waals surface area contributed by atoms with Gasteiger partial charge in [0.2, 0.25) is 5.91 Å². The standard InChI is InChI=1S/C22H24F3N3O3/c1-26-20-4-2-3-18(27-20)8-10-31-19-6-5-15-11-16(7-9-29)21(30)28(13-17(15)12-19)14-22(23,24)25/h2-6,9,12,16H,7-8,10-11,13-14H2,1H3,(H,26,27). The number of pyridine rings is 1. The molecule has 1 aliphatic heterocycles. The average Bonchev–Trinajstić information content (AvgIpc) is 2.84. The van der Waals surface area contributed by atoms with Gasteiger partial charge in [-0.25, -0.2) is 4.98 Å². The number of nitrogens with one attached hydrogen (secondary N) is 1. The first-order valence-electron chi connectivity index (χ1n) is 9.96. The van der Waals surface area contributed by atoms with E-state index in [2.05, 4.69) is 10.3 Å². The molecular formula is C22H24F3N3O3. The van der Waals surface area contributed by atoms with Gasteiger partial charge in [-0.05, 0) is 41.8 Å². The van der Waals surface area contributed by atoms with Crippen molar-refractivity contribution in [3.63, 3.8) is 0 Å². The van der Waals surface area contributed by atoms with Gasteiger partial charge >= 0.3 is 6.18 Å². The van der Waals surface area contributed by atoms with Gasteiger partial charge < -0.3 is 19.7 Å². The molecule has 0 bridgehead atoms. The summed E-state index contributed by atoms with van der Waals surface area (Å²) in [5, 5.41) is 2.97. The smallest absolute Gasteiger partial charge is 0.406 e. The summed E-state index contributed by atoms with van der Waals surface area (Å²) < 4.78 is 44.8. The lowest BCUT2D eigenvalue weighted by molar-refractivity contribution is -0.164. The second-order valence-electron chi connectivity index (χ2n) is 7.41. The fourth-order valence-corrected chi connectivity index (χ4v) is 3.61. The van der Waals surface area contributed by atoms with Gasteiger partial charge in [0.05, 0.1) is 6.61 Å². The van der Waals surface area contributed by atoms with E-state index in [1.807, 2.05) is 18.2 Å². The lowest BCUT2D eigenvalue weighted by Crippen LogP contribution is -2.41. The van der Waals surface area contributed by atoms with Gasteiger partial charge in [0, 0.05) is 38.0 Å². The maximum Gasteiger partial charge on any atom is 0.406 e. The average molecular weight is 435 g/mol. The molecule has 9 heteroatoms. The number of alkyl halides is 3. The molecule has 2 aromatic rings. The van der Waals surface area contributed by atoms with Crippen molar-refractivity contribution < 1.29 is 27.5 Å². The molecule has 1 unspecified atom stereocenters. The van der Waals surface area contributed by atoms with Crippen LogP contribution in [-0.4, -0.2) is 48.5 Å². The Morgan fingerprint density at radius 3 is 2.77 bits per heavy atom. The summed E-state index contributed by atoms with van der Waals surface area (Å²) in [6, 6.07) is 10.8. The third-order valence-corrected chi connectivity index (χ3v) is 5.11. The van der Waals surface area contributed by atoms with Gasteiger partial charge in [-0.15, -0.1) is 0 Å². The van der Waals surface area contributed by atoms with Gasteiger partial charge in [0.1, 0.15) is 24.4 Å². The molecule has 2 heterocycles. The van der Waals surface area contributed by atoms with Crippen LogP contribution in [-0.2, 0) is 29.0 Å². The first kappa shape index (κ1) is 22.6. The van der Waals surface area contributed by atoms with E-state index in [0.717, 1.165) is 22.0 Å². The summed E-state index contributed by atoms with van der Waals surface area (Å²) in [4.78, 5) is 28.7. The molecule has 0 radical (unpaired) electrons. The Kier molecular flexibility index (Phi) is 7.14. The number of ether oxygens (including phenoxy) is 1. The highest BCUT2D eigenvalue weighted by atomic mass is 19.4. The Morgan fingerprint density at radius 2 is 2.06 bits per heavy atom. The molecule has 3 rings (SSSR count). The Morgan fingerprint density at radius 1 is 1.26 bits per heavy atom. The number of aldehydes is 1. The molecule has 1 amide bonds. The second kappa shape index (κ2) is 9.80. The number of halogens is 3. The van der Waals surface area contributed by atoms with Crippen molar-refractivity contribution >= 4 is 18.0 Å². The lowest BCUT2D eigenvalue weighted by atomic mass is 9.94. The van der Waals surface area contributed by atoms with E-state index in [9.17, 15) is 22.8 Å². The molecule has 1 aromatic heterocycles. The molecule has 0 spiro atoms. The van der Waals surface area contributed by atoms with Crippen LogP contribution < -0.4 is 10.1 Å². The minimum Gasteiger partial charge on any atom is -0.493 e. The van der Waals surface area contributed by atoms with Crippen LogP contribution in [0.15, 0.2) is 36.4 Å². The third-order valence-electron chi connectivity index (χ3n) is 5.11. The molecule has 0 saturated carbocycles. The van der Waals surface area contributed by atoms with E-state index in [-0.39, 0.29) is 19.4 Å². The number of benzene rings is 1. The molecule has 0 fully saturated rings. The molecule has 0 saturated heterocycles. The van der Waals surface area contributed by atoms with E-state index in [4.69, 9.17) is 4.74 Å². The Labute approximate surface area is 178 Å². The summed E-state index contributed by atoms with van der Waals surface area (Å²) >= 11 is 0. The number of amides is 1. The van der Waals surface area contributed by atoms with Crippen LogP contribution in [0, 0.1) is 5.92 Å². The van der Waals surface area contributed by atoms with E-state index < -0.39 is 24.5 Å². The molecule has 6 nitrogen and oxygen atoms in total. The molecule has 31 heavy (non-hydrogen) atoms. The largest absolute Gasteiger partial charge is 0.493 e. The maximum absolute atomic E-state index is 13.0. The van der Waals surface area contributed by atoms with Crippen LogP contribution in [0.5, 0.6) is 5.75 Å². The van der Waals surface area contributed by atoms with Gasteiger partial charge in [-0.3, -0.25) is 4.79 Å². The Hall–Kier alpha value is -3.10. The van der Waals surface area contributed by atoms with E-state index in [0.29, 0.717) is 30.6 Å². The van der Waals surface area contributed by atoms with Gasteiger partial charge in [0.15, 0.2) is 0 Å². The zero-order valence-electron chi connectivity index (χ0n) is 17.1. The summed E-state index contributed by atoms with van der Waals surface area (Å²) in [5.74, 6) is -0.185. The third kappa shape index (κ3) is 6.19. The highest BCUT2D eigenvalue weighted by Crippen LogP contribution is 2.30. The van der Waals surface area contributed by atoms with Crippen molar-refractivity contribution in [2.24, 2.45) is 5.92 Å². The highest BCUT2D eigenvalue weighted by Gasteiger charge is 2.37. The fourth-order valence-electron chi connectivity index (χ4n) is 3.61. The number of fused-ring (bicyclic) bond motifs is 1. The van der Waals surface area contributed by atoms with Gasteiger partial charge in [-0.1, -0.05) is 12.1 Å². The molecule has 1 atom stereocenters. The highest BCUT2D eigenvalue weighted by molar-refractivity contribution is 5.82. The summed E-state index contributed by atoms with van der Waals surface area (Å²) in [6.45, 7) is -1.18. The zero-order chi connectivity index (χ0) is 22.4. The van der Waals surface area contributed by atoms with Crippen LogP contribution in [0.25, 0.3) is 0 Å². The minimum atomic E-state index is -4.52. The topological polar surface area (TPSA) is 71.5 Å². The number of nitrogens with zero attached hydrogens (tertiary/aromatic N) is 2. The zero-order valence-corrected chi connectivity index (χ0v) is 17.1. The van der Waals surface area contributed by atoms with Gasteiger partial charge in [0.25, 0.3) is 0 Å². The van der Waals surface area contributed by atoms with Crippen LogP contribution >= 0.6 is 0 Å². The quantitative estimate of drug-likeness (QED) is 0.644. The van der Waals surface area contributed by atoms with Crippen molar-refractivity contribution in [1.29, 1.82) is 0 Å². The Balaban J connectivity index is 1.73. The number of carbonyl (C=O) groups excluding carboxylic acids is 2. The number of rotatable bonds is 8. The van der Waals surface area contributed by atoms with Crippen LogP contribution in [0.2, 0.25) is 0 Å². The molecular weight excluding hydrogens is 411 g/mol. The number of hydrogen-bond donors (Lipinski definition) is 1. The van der Waals surface area contributed by atoms with Crippen molar-refractivity contribution in [2.75, 3.05) is 25.5 Å². The van der Waals surface area contributed by atoms with Crippen LogP contribution in [0.3, 0.4) is 0 Å². The molecule has 1 aromatic carbocycles. The first-order chi connectivity index (χ1) is 14.8. The lowest BCUT2D eigenvalue weighted by Gasteiger charge is -2.25. The molecule has 166 valence electrons. The van der Waals surface area contributed by atoms with Crippen LogP contribution in [0.1, 0.15) is 23.2 Å². The Bertz CT molecular complexity index is 934. The predicted molar refractivity (Wildman–Crippen MR) is 109 cm³/mol. The minimum absolute atomic E-state index is 0.108. The van der Waals surface area contributed by atoms with E-state index >= 15 is 0 Å².